The maximum atomic E-state index is 13.7. The van der Waals surface area contributed by atoms with E-state index in [1.54, 1.807) is 48.7 Å². The number of carbonyl (C=O) groups is 1. The molecule has 0 spiro atoms. The number of urea groups is 1. The Morgan fingerprint density at radius 3 is 2.81 bits per heavy atom. The predicted octanol–water partition coefficient (Wildman–Crippen LogP) is 4.38. The van der Waals surface area contributed by atoms with Crippen LogP contribution in [-0.4, -0.2) is 22.9 Å². The number of aromatic nitrogens is 2. The number of methoxy groups -OCH3 is 1. The smallest absolute Gasteiger partial charge is 0.325 e. The summed E-state index contributed by atoms with van der Waals surface area (Å²) in [6.45, 7) is 0.262. The number of benzene rings is 2. The fraction of sp³-hybridized carbons (Fsp3) is 0.111. The molecule has 6 nitrogen and oxygen atoms in total. The standard InChI is InChI=1S/C18H16ClFN4O2/c1-26-16-7-6-13(19)10-15(16)21-18(25)22-17-8-9-24(23-17)11-12-4-2-3-5-14(12)20/h2-10H,11H2,1H3,(H2,21,22,23,25). The van der Waals surface area contributed by atoms with E-state index < -0.39 is 6.03 Å². The molecule has 26 heavy (non-hydrogen) atoms. The third kappa shape index (κ3) is 4.31. The third-order valence-corrected chi connectivity index (χ3v) is 3.82. The average molecular weight is 375 g/mol. The van der Waals surface area contributed by atoms with E-state index in [9.17, 15) is 9.18 Å². The van der Waals surface area contributed by atoms with Crippen molar-refractivity contribution in [3.8, 4) is 5.75 Å². The van der Waals surface area contributed by atoms with Crippen molar-refractivity contribution in [2.75, 3.05) is 17.7 Å². The first-order chi connectivity index (χ1) is 12.5. The van der Waals surface area contributed by atoms with Gasteiger partial charge in [0.15, 0.2) is 5.82 Å². The van der Waals surface area contributed by atoms with Crippen molar-refractivity contribution in [1.29, 1.82) is 0 Å². The molecule has 2 N–H and O–H groups in total. The molecule has 0 fully saturated rings. The highest BCUT2D eigenvalue weighted by atomic mass is 35.5. The summed E-state index contributed by atoms with van der Waals surface area (Å²) in [4.78, 5) is 12.2. The molecule has 0 saturated carbocycles. The minimum atomic E-state index is -0.498. The van der Waals surface area contributed by atoms with E-state index >= 15 is 0 Å². The van der Waals surface area contributed by atoms with Crippen molar-refractivity contribution < 1.29 is 13.9 Å². The van der Waals surface area contributed by atoms with Crippen LogP contribution in [0.3, 0.4) is 0 Å². The van der Waals surface area contributed by atoms with E-state index in [-0.39, 0.29) is 12.4 Å². The Morgan fingerprint density at radius 1 is 1.23 bits per heavy atom. The van der Waals surface area contributed by atoms with Gasteiger partial charge < -0.3 is 10.1 Å². The Morgan fingerprint density at radius 2 is 2.04 bits per heavy atom. The van der Waals surface area contributed by atoms with Gasteiger partial charge in [-0.25, -0.2) is 9.18 Å². The number of halogens is 2. The number of hydrogen-bond donors (Lipinski definition) is 2. The van der Waals surface area contributed by atoms with Crippen LogP contribution in [0.15, 0.2) is 54.7 Å². The molecule has 0 aliphatic carbocycles. The maximum Gasteiger partial charge on any atom is 0.325 e. The minimum absolute atomic E-state index is 0.262. The number of amides is 2. The first-order valence-corrected chi connectivity index (χ1v) is 8.11. The van der Waals surface area contributed by atoms with Gasteiger partial charge in [-0.05, 0) is 24.3 Å². The van der Waals surface area contributed by atoms with Gasteiger partial charge in [-0.3, -0.25) is 10.00 Å². The van der Waals surface area contributed by atoms with Gasteiger partial charge in [0.1, 0.15) is 11.6 Å². The van der Waals surface area contributed by atoms with E-state index in [4.69, 9.17) is 16.3 Å². The lowest BCUT2D eigenvalue weighted by molar-refractivity contribution is 0.262. The van der Waals surface area contributed by atoms with Gasteiger partial charge in [0.2, 0.25) is 0 Å². The number of rotatable bonds is 5. The number of anilines is 2. The van der Waals surface area contributed by atoms with Crippen molar-refractivity contribution >= 4 is 29.1 Å². The molecule has 0 bridgehead atoms. The average Bonchev–Trinajstić information content (AvgIpc) is 3.04. The van der Waals surface area contributed by atoms with E-state index in [1.165, 1.54) is 17.9 Å². The molecule has 0 atom stereocenters. The fourth-order valence-corrected chi connectivity index (χ4v) is 2.54. The van der Waals surface area contributed by atoms with Crippen LogP contribution >= 0.6 is 11.6 Å². The Kier molecular flexibility index (Phi) is 5.38. The molecule has 2 amide bonds. The second kappa shape index (κ2) is 7.88. The topological polar surface area (TPSA) is 68.2 Å². The summed E-state index contributed by atoms with van der Waals surface area (Å²) in [5.41, 5.74) is 0.943. The number of nitrogens with zero attached hydrogens (tertiary/aromatic N) is 2. The van der Waals surface area contributed by atoms with Gasteiger partial charge >= 0.3 is 6.03 Å². The maximum absolute atomic E-state index is 13.7. The largest absolute Gasteiger partial charge is 0.495 e. The van der Waals surface area contributed by atoms with Crippen LogP contribution in [0.2, 0.25) is 5.02 Å². The highest BCUT2D eigenvalue weighted by molar-refractivity contribution is 6.31. The first-order valence-electron chi connectivity index (χ1n) is 7.73. The molecule has 0 radical (unpaired) electrons. The fourth-order valence-electron chi connectivity index (χ4n) is 2.37. The Balaban J connectivity index is 1.65. The van der Waals surface area contributed by atoms with Crippen LogP contribution < -0.4 is 15.4 Å². The van der Waals surface area contributed by atoms with Crippen molar-refractivity contribution in [3.05, 3.63) is 71.1 Å². The molecule has 8 heteroatoms. The van der Waals surface area contributed by atoms with Crippen LogP contribution in [0.25, 0.3) is 0 Å². The van der Waals surface area contributed by atoms with Crippen LogP contribution in [-0.2, 0) is 6.54 Å². The van der Waals surface area contributed by atoms with Crippen LogP contribution in [0, 0.1) is 5.82 Å². The summed E-state index contributed by atoms with van der Waals surface area (Å²) < 4.78 is 20.4. The lowest BCUT2D eigenvalue weighted by Gasteiger charge is -2.10. The minimum Gasteiger partial charge on any atom is -0.495 e. The molecule has 134 valence electrons. The molecule has 0 aliphatic heterocycles. The predicted molar refractivity (Wildman–Crippen MR) is 98.4 cm³/mol. The highest BCUT2D eigenvalue weighted by Crippen LogP contribution is 2.27. The molecule has 0 aliphatic rings. The van der Waals surface area contributed by atoms with Gasteiger partial charge in [0, 0.05) is 22.8 Å². The summed E-state index contributed by atoms with van der Waals surface area (Å²) in [6, 6.07) is 12.5. The summed E-state index contributed by atoms with van der Waals surface area (Å²) in [5, 5.41) is 9.93. The number of carbonyl (C=O) groups excluding carboxylic acids is 1. The number of ether oxygens (including phenoxy) is 1. The van der Waals surface area contributed by atoms with Gasteiger partial charge in [0.05, 0.1) is 19.3 Å². The van der Waals surface area contributed by atoms with Crippen molar-refractivity contribution in [1.82, 2.24) is 9.78 Å². The zero-order valence-corrected chi connectivity index (χ0v) is 14.6. The van der Waals surface area contributed by atoms with Crippen LogP contribution in [0.5, 0.6) is 5.75 Å². The van der Waals surface area contributed by atoms with Crippen LogP contribution in [0.1, 0.15) is 5.56 Å². The summed E-state index contributed by atoms with van der Waals surface area (Å²) in [6.07, 6.45) is 1.65. The van der Waals surface area contributed by atoms with E-state index in [0.717, 1.165) is 0 Å². The van der Waals surface area contributed by atoms with Gasteiger partial charge in [-0.15, -0.1) is 0 Å². The quantitative estimate of drug-likeness (QED) is 0.696. The monoisotopic (exact) mass is 374 g/mol. The van der Waals surface area contributed by atoms with E-state index in [1.807, 2.05) is 0 Å². The SMILES string of the molecule is COc1ccc(Cl)cc1NC(=O)Nc1ccn(Cc2ccccc2F)n1. The lowest BCUT2D eigenvalue weighted by atomic mass is 10.2. The molecular weight excluding hydrogens is 359 g/mol. The van der Waals surface area contributed by atoms with E-state index in [2.05, 4.69) is 15.7 Å². The van der Waals surface area contributed by atoms with Crippen molar-refractivity contribution in [3.63, 3.8) is 0 Å². The van der Waals surface area contributed by atoms with E-state index in [0.29, 0.717) is 27.8 Å². The zero-order valence-electron chi connectivity index (χ0n) is 13.9. The van der Waals surface area contributed by atoms with Crippen molar-refractivity contribution in [2.45, 2.75) is 6.54 Å². The summed E-state index contributed by atoms with van der Waals surface area (Å²) in [5.74, 6) is 0.512. The molecule has 0 saturated heterocycles. The molecular formula is C18H16ClFN4O2. The normalized spacial score (nSPS) is 10.4. The number of nitrogens with one attached hydrogen (secondary N) is 2. The molecule has 0 unspecified atom stereocenters. The number of hydrogen-bond acceptors (Lipinski definition) is 3. The van der Waals surface area contributed by atoms with Crippen LogP contribution in [0.4, 0.5) is 20.7 Å². The molecule has 3 aromatic rings. The Hall–Kier alpha value is -3.06. The Labute approximate surface area is 154 Å². The highest BCUT2D eigenvalue weighted by Gasteiger charge is 2.10. The lowest BCUT2D eigenvalue weighted by Crippen LogP contribution is -2.20. The second-order valence-corrected chi connectivity index (χ2v) is 5.85. The summed E-state index contributed by atoms with van der Waals surface area (Å²) in [7, 11) is 1.50. The molecule has 3 rings (SSSR count). The summed E-state index contributed by atoms with van der Waals surface area (Å²) >= 11 is 5.94. The Bertz CT molecular complexity index is 929. The third-order valence-electron chi connectivity index (χ3n) is 3.58. The molecule has 2 aromatic carbocycles. The zero-order chi connectivity index (χ0) is 18.5. The van der Waals surface area contributed by atoms with Gasteiger partial charge in [0.25, 0.3) is 0 Å². The molecule has 1 aromatic heterocycles. The van der Waals surface area contributed by atoms with Gasteiger partial charge in [-0.2, -0.15) is 5.10 Å². The molecule has 1 heterocycles. The van der Waals surface area contributed by atoms with Crippen molar-refractivity contribution in [2.24, 2.45) is 0 Å². The first kappa shape index (κ1) is 17.8. The van der Waals surface area contributed by atoms with Gasteiger partial charge in [-0.1, -0.05) is 29.8 Å². The second-order valence-electron chi connectivity index (χ2n) is 5.41.